The van der Waals surface area contributed by atoms with Crippen molar-refractivity contribution in [2.75, 3.05) is 0 Å². The first-order chi connectivity index (χ1) is 9.65. The molecule has 0 aliphatic rings. The van der Waals surface area contributed by atoms with E-state index in [-0.39, 0.29) is 11.9 Å². The van der Waals surface area contributed by atoms with Gasteiger partial charge in [-0.1, -0.05) is 49.7 Å². The van der Waals surface area contributed by atoms with Crippen molar-refractivity contribution < 1.29 is 4.39 Å². The minimum Gasteiger partial charge on any atom is -0.271 e. The van der Waals surface area contributed by atoms with Gasteiger partial charge >= 0.3 is 0 Å². The largest absolute Gasteiger partial charge is 0.271 e. The summed E-state index contributed by atoms with van der Waals surface area (Å²) >= 11 is 0. The molecule has 20 heavy (non-hydrogen) atoms. The topological polar surface area (TPSA) is 38.0 Å². The van der Waals surface area contributed by atoms with Gasteiger partial charge in [0.2, 0.25) is 0 Å². The minimum atomic E-state index is -0.191. The summed E-state index contributed by atoms with van der Waals surface area (Å²) in [5, 5.41) is 0. The van der Waals surface area contributed by atoms with Crippen molar-refractivity contribution in [1.82, 2.24) is 5.43 Å². The predicted molar refractivity (Wildman–Crippen MR) is 80.7 cm³/mol. The fraction of sp³-hybridized carbons (Fsp3) is 0.294. The Labute approximate surface area is 119 Å². The van der Waals surface area contributed by atoms with E-state index in [9.17, 15) is 4.39 Å². The summed E-state index contributed by atoms with van der Waals surface area (Å²) in [6.07, 6.45) is 2.16. The van der Waals surface area contributed by atoms with Crippen molar-refractivity contribution in [2.24, 2.45) is 5.84 Å². The zero-order valence-electron chi connectivity index (χ0n) is 12.0. The summed E-state index contributed by atoms with van der Waals surface area (Å²) in [6, 6.07) is 13.4. The number of nitrogens with one attached hydrogen (secondary N) is 1. The van der Waals surface area contributed by atoms with Crippen LogP contribution >= 0.6 is 0 Å². The van der Waals surface area contributed by atoms with Gasteiger partial charge in [-0.2, -0.15) is 0 Å². The van der Waals surface area contributed by atoms with Crippen LogP contribution in [0.5, 0.6) is 0 Å². The van der Waals surface area contributed by atoms with Gasteiger partial charge in [-0.25, -0.2) is 9.82 Å². The third kappa shape index (κ3) is 3.24. The van der Waals surface area contributed by atoms with Gasteiger partial charge in [-0.05, 0) is 41.7 Å². The fourth-order valence-corrected chi connectivity index (χ4v) is 2.45. The Morgan fingerprint density at radius 3 is 2.55 bits per heavy atom. The highest BCUT2D eigenvalue weighted by Gasteiger charge is 2.13. The van der Waals surface area contributed by atoms with Gasteiger partial charge in [0.1, 0.15) is 5.82 Å². The molecule has 2 aromatic carbocycles. The third-order valence-corrected chi connectivity index (χ3v) is 3.51. The SMILES string of the molecule is CCCc1cccc(C(NN)c2ccc(F)c(C)c2)c1. The first-order valence-corrected chi connectivity index (χ1v) is 6.96. The molecule has 0 amide bonds. The standard InChI is InChI=1S/C17H21FN2/c1-3-5-13-6-4-7-14(11-13)17(20-19)15-8-9-16(18)12(2)10-15/h4,6-11,17,20H,3,5,19H2,1-2H3. The third-order valence-electron chi connectivity index (χ3n) is 3.51. The molecule has 0 spiro atoms. The van der Waals surface area contributed by atoms with Crippen LogP contribution in [0.4, 0.5) is 4.39 Å². The molecule has 0 aromatic heterocycles. The summed E-state index contributed by atoms with van der Waals surface area (Å²) in [6.45, 7) is 3.93. The number of halogens is 1. The van der Waals surface area contributed by atoms with Crippen molar-refractivity contribution in [3.05, 3.63) is 70.5 Å². The maximum absolute atomic E-state index is 13.4. The molecule has 0 saturated carbocycles. The molecular formula is C17H21FN2. The number of aryl methyl sites for hydroxylation is 2. The van der Waals surface area contributed by atoms with Crippen LogP contribution in [0, 0.1) is 12.7 Å². The summed E-state index contributed by atoms with van der Waals surface area (Å²) in [5.74, 6) is 5.51. The van der Waals surface area contributed by atoms with E-state index in [4.69, 9.17) is 5.84 Å². The Bertz CT molecular complexity index is 581. The monoisotopic (exact) mass is 272 g/mol. The molecule has 106 valence electrons. The highest BCUT2D eigenvalue weighted by Crippen LogP contribution is 2.24. The van der Waals surface area contributed by atoms with Crippen molar-refractivity contribution in [3.63, 3.8) is 0 Å². The molecule has 1 atom stereocenters. The van der Waals surface area contributed by atoms with Crippen LogP contribution in [0.2, 0.25) is 0 Å². The molecule has 2 nitrogen and oxygen atoms in total. The molecule has 0 heterocycles. The Morgan fingerprint density at radius 2 is 1.90 bits per heavy atom. The first-order valence-electron chi connectivity index (χ1n) is 6.96. The highest BCUT2D eigenvalue weighted by molar-refractivity contribution is 5.36. The molecule has 3 N–H and O–H groups in total. The van der Waals surface area contributed by atoms with Crippen LogP contribution in [0.3, 0.4) is 0 Å². The average molecular weight is 272 g/mol. The van der Waals surface area contributed by atoms with Gasteiger partial charge in [0.05, 0.1) is 6.04 Å². The maximum Gasteiger partial charge on any atom is 0.126 e. The number of hydrogen-bond acceptors (Lipinski definition) is 2. The second-order valence-corrected chi connectivity index (χ2v) is 5.10. The van der Waals surface area contributed by atoms with E-state index in [2.05, 4.69) is 24.5 Å². The Kier molecular flexibility index (Phi) is 4.88. The van der Waals surface area contributed by atoms with E-state index in [0.717, 1.165) is 24.0 Å². The van der Waals surface area contributed by atoms with Gasteiger partial charge in [-0.3, -0.25) is 5.84 Å². The Hall–Kier alpha value is -1.71. The van der Waals surface area contributed by atoms with Crippen molar-refractivity contribution in [2.45, 2.75) is 32.7 Å². The van der Waals surface area contributed by atoms with Crippen molar-refractivity contribution in [3.8, 4) is 0 Å². The second-order valence-electron chi connectivity index (χ2n) is 5.10. The van der Waals surface area contributed by atoms with Crippen LogP contribution in [0.25, 0.3) is 0 Å². The molecule has 0 bridgehead atoms. The lowest BCUT2D eigenvalue weighted by molar-refractivity contribution is 0.607. The quantitative estimate of drug-likeness (QED) is 0.644. The van der Waals surface area contributed by atoms with E-state index in [1.165, 1.54) is 11.6 Å². The minimum absolute atomic E-state index is 0.119. The Morgan fingerprint density at radius 1 is 1.15 bits per heavy atom. The van der Waals surface area contributed by atoms with E-state index in [1.807, 2.05) is 18.2 Å². The number of hydrazine groups is 1. The Balaban J connectivity index is 2.36. The van der Waals surface area contributed by atoms with E-state index in [0.29, 0.717) is 5.56 Å². The van der Waals surface area contributed by atoms with Crippen molar-refractivity contribution in [1.29, 1.82) is 0 Å². The fourth-order valence-electron chi connectivity index (χ4n) is 2.45. The van der Waals surface area contributed by atoms with Gasteiger partial charge in [0.25, 0.3) is 0 Å². The lowest BCUT2D eigenvalue weighted by Crippen LogP contribution is -2.29. The zero-order valence-corrected chi connectivity index (χ0v) is 12.0. The molecule has 3 heteroatoms. The van der Waals surface area contributed by atoms with Crippen LogP contribution < -0.4 is 11.3 Å². The zero-order chi connectivity index (χ0) is 14.5. The van der Waals surface area contributed by atoms with Gasteiger partial charge in [0.15, 0.2) is 0 Å². The summed E-state index contributed by atoms with van der Waals surface area (Å²) in [7, 11) is 0. The molecule has 0 radical (unpaired) electrons. The molecule has 0 saturated heterocycles. The lowest BCUT2D eigenvalue weighted by Gasteiger charge is -2.18. The lowest BCUT2D eigenvalue weighted by atomic mass is 9.95. The van der Waals surface area contributed by atoms with E-state index in [1.54, 1.807) is 13.0 Å². The number of nitrogens with two attached hydrogens (primary N) is 1. The van der Waals surface area contributed by atoms with Crippen LogP contribution in [-0.2, 0) is 6.42 Å². The predicted octanol–water partition coefficient (Wildman–Crippen LogP) is 3.64. The number of hydrogen-bond donors (Lipinski definition) is 2. The highest BCUT2D eigenvalue weighted by atomic mass is 19.1. The molecular weight excluding hydrogens is 251 g/mol. The normalized spacial score (nSPS) is 12.4. The van der Waals surface area contributed by atoms with Gasteiger partial charge in [-0.15, -0.1) is 0 Å². The summed E-state index contributed by atoms with van der Waals surface area (Å²) in [5.41, 5.74) is 6.83. The molecule has 2 rings (SSSR count). The van der Waals surface area contributed by atoms with Gasteiger partial charge in [0, 0.05) is 0 Å². The van der Waals surface area contributed by atoms with Crippen LogP contribution in [-0.4, -0.2) is 0 Å². The van der Waals surface area contributed by atoms with Crippen LogP contribution in [0.15, 0.2) is 42.5 Å². The number of rotatable bonds is 5. The molecule has 0 aliphatic carbocycles. The molecule has 0 fully saturated rings. The number of benzene rings is 2. The summed E-state index contributed by atoms with van der Waals surface area (Å²) < 4.78 is 13.4. The summed E-state index contributed by atoms with van der Waals surface area (Å²) in [4.78, 5) is 0. The van der Waals surface area contributed by atoms with E-state index >= 15 is 0 Å². The molecule has 0 aliphatic heterocycles. The first kappa shape index (κ1) is 14.7. The van der Waals surface area contributed by atoms with Gasteiger partial charge < -0.3 is 0 Å². The van der Waals surface area contributed by atoms with E-state index < -0.39 is 0 Å². The molecule has 1 unspecified atom stereocenters. The van der Waals surface area contributed by atoms with Crippen molar-refractivity contribution >= 4 is 0 Å². The smallest absolute Gasteiger partial charge is 0.126 e. The van der Waals surface area contributed by atoms with Crippen LogP contribution in [0.1, 0.15) is 41.6 Å². The second kappa shape index (κ2) is 6.64. The maximum atomic E-state index is 13.4. The average Bonchev–Trinajstić information content (AvgIpc) is 2.44. The molecule has 2 aromatic rings.